The zero-order chi connectivity index (χ0) is 13.1. The summed E-state index contributed by atoms with van der Waals surface area (Å²) in [6.45, 7) is 2.96. The fourth-order valence-corrected chi connectivity index (χ4v) is 2.34. The lowest BCUT2D eigenvalue weighted by atomic mass is 9.96. The first kappa shape index (κ1) is 12.8. The molecule has 0 fully saturated rings. The highest BCUT2D eigenvalue weighted by molar-refractivity contribution is 5.88. The number of nitrogens with zero attached hydrogens (tertiary/aromatic N) is 1. The van der Waals surface area contributed by atoms with Crippen LogP contribution in [0.2, 0.25) is 0 Å². The first-order valence-electron chi connectivity index (χ1n) is 6.17. The van der Waals surface area contributed by atoms with Crippen molar-refractivity contribution in [1.29, 1.82) is 0 Å². The lowest BCUT2D eigenvalue weighted by molar-refractivity contribution is -0.136. The maximum absolute atomic E-state index is 11.6. The lowest BCUT2D eigenvalue weighted by Gasteiger charge is -2.31. The SMILES string of the molecule is COC(=O)C1=CC(c2cccc(C)c2)N(C)CC1. The molecule has 1 atom stereocenters. The van der Waals surface area contributed by atoms with Crippen LogP contribution in [0.15, 0.2) is 35.9 Å². The summed E-state index contributed by atoms with van der Waals surface area (Å²) >= 11 is 0. The van der Waals surface area contributed by atoms with Crippen LogP contribution in [0.25, 0.3) is 0 Å². The molecule has 3 heteroatoms. The first-order chi connectivity index (χ1) is 8.61. The van der Waals surface area contributed by atoms with E-state index in [0.29, 0.717) is 0 Å². The summed E-state index contributed by atoms with van der Waals surface area (Å²) in [5.74, 6) is -0.208. The Balaban J connectivity index is 2.32. The molecule has 2 rings (SSSR count). The monoisotopic (exact) mass is 245 g/mol. The third kappa shape index (κ3) is 2.62. The highest BCUT2D eigenvalue weighted by Gasteiger charge is 2.23. The van der Waals surface area contributed by atoms with Crippen LogP contribution < -0.4 is 0 Å². The van der Waals surface area contributed by atoms with E-state index < -0.39 is 0 Å². The van der Waals surface area contributed by atoms with Crippen molar-refractivity contribution in [1.82, 2.24) is 4.90 Å². The molecule has 0 spiro atoms. The summed E-state index contributed by atoms with van der Waals surface area (Å²) in [5.41, 5.74) is 3.24. The van der Waals surface area contributed by atoms with Crippen LogP contribution in [0.4, 0.5) is 0 Å². The molecule has 0 saturated heterocycles. The number of esters is 1. The van der Waals surface area contributed by atoms with E-state index in [1.54, 1.807) is 0 Å². The van der Waals surface area contributed by atoms with Crippen LogP contribution in [-0.4, -0.2) is 31.6 Å². The number of methoxy groups -OCH3 is 1. The number of hydrogen-bond donors (Lipinski definition) is 0. The smallest absolute Gasteiger partial charge is 0.333 e. The van der Waals surface area contributed by atoms with Crippen LogP contribution in [0.1, 0.15) is 23.6 Å². The molecule has 0 saturated carbocycles. The number of hydrogen-bond acceptors (Lipinski definition) is 3. The van der Waals surface area contributed by atoms with Crippen molar-refractivity contribution in [3.63, 3.8) is 0 Å². The number of ether oxygens (including phenoxy) is 1. The van der Waals surface area contributed by atoms with E-state index >= 15 is 0 Å². The molecule has 0 N–H and O–H groups in total. The summed E-state index contributed by atoms with van der Waals surface area (Å²) in [6, 6.07) is 8.56. The van der Waals surface area contributed by atoms with Crippen molar-refractivity contribution in [3.8, 4) is 0 Å². The Hall–Kier alpha value is -1.61. The molecule has 0 aliphatic carbocycles. The summed E-state index contributed by atoms with van der Waals surface area (Å²) in [4.78, 5) is 13.9. The molecular formula is C15H19NO2. The van der Waals surface area contributed by atoms with Crippen molar-refractivity contribution >= 4 is 5.97 Å². The third-order valence-electron chi connectivity index (χ3n) is 3.40. The molecule has 0 radical (unpaired) electrons. The predicted octanol–water partition coefficient (Wildman–Crippen LogP) is 2.47. The molecule has 1 aromatic carbocycles. The zero-order valence-electron chi connectivity index (χ0n) is 11.1. The molecule has 1 aromatic rings. The van der Waals surface area contributed by atoms with Gasteiger partial charge in [-0.3, -0.25) is 4.90 Å². The van der Waals surface area contributed by atoms with Gasteiger partial charge in [-0.25, -0.2) is 4.79 Å². The molecule has 1 aliphatic heterocycles. The first-order valence-corrected chi connectivity index (χ1v) is 6.17. The highest BCUT2D eigenvalue weighted by Crippen LogP contribution is 2.28. The number of likely N-dealkylation sites (N-methyl/N-ethyl adjacent to an activating group) is 1. The van der Waals surface area contributed by atoms with Gasteiger partial charge in [0.1, 0.15) is 0 Å². The Labute approximate surface area is 108 Å². The maximum Gasteiger partial charge on any atom is 0.333 e. The van der Waals surface area contributed by atoms with Gasteiger partial charge in [-0.1, -0.05) is 35.9 Å². The van der Waals surface area contributed by atoms with E-state index in [1.807, 2.05) is 6.08 Å². The Morgan fingerprint density at radius 2 is 2.22 bits per heavy atom. The average molecular weight is 245 g/mol. The van der Waals surface area contributed by atoms with Crippen molar-refractivity contribution in [2.75, 3.05) is 20.7 Å². The molecule has 18 heavy (non-hydrogen) atoms. The summed E-state index contributed by atoms with van der Waals surface area (Å²) in [6.07, 6.45) is 2.77. The molecule has 0 aromatic heterocycles. The number of benzene rings is 1. The summed E-state index contributed by atoms with van der Waals surface area (Å²) in [5, 5.41) is 0. The zero-order valence-corrected chi connectivity index (χ0v) is 11.1. The highest BCUT2D eigenvalue weighted by atomic mass is 16.5. The fourth-order valence-electron chi connectivity index (χ4n) is 2.34. The number of carbonyl (C=O) groups excluding carboxylic acids is 1. The Morgan fingerprint density at radius 3 is 2.89 bits per heavy atom. The molecule has 1 heterocycles. The Kier molecular flexibility index (Phi) is 3.82. The van der Waals surface area contributed by atoms with Gasteiger partial charge in [0.2, 0.25) is 0 Å². The molecule has 1 aliphatic rings. The van der Waals surface area contributed by atoms with Crippen LogP contribution in [-0.2, 0) is 9.53 Å². The van der Waals surface area contributed by atoms with E-state index in [4.69, 9.17) is 4.74 Å². The van der Waals surface area contributed by atoms with Crippen LogP contribution >= 0.6 is 0 Å². The van der Waals surface area contributed by atoms with Gasteiger partial charge in [-0.15, -0.1) is 0 Å². The number of aryl methyl sites for hydroxylation is 1. The van der Waals surface area contributed by atoms with Crippen molar-refractivity contribution in [2.45, 2.75) is 19.4 Å². The van der Waals surface area contributed by atoms with Crippen molar-refractivity contribution in [2.24, 2.45) is 0 Å². The van der Waals surface area contributed by atoms with Crippen LogP contribution in [0.3, 0.4) is 0 Å². The topological polar surface area (TPSA) is 29.5 Å². The molecule has 1 unspecified atom stereocenters. The van der Waals surface area contributed by atoms with Gasteiger partial charge in [-0.05, 0) is 26.0 Å². The minimum atomic E-state index is -0.208. The second kappa shape index (κ2) is 5.36. The Morgan fingerprint density at radius 1 is 1.44 bits per heavy atom. The normalized spacial score (nSPS) is 20.4. The molecular weight excluding hydrogens is 226 g/mol. The van der Waals surface area contributed by atoms with Gasteiger partial charge in [0, 0.05) is 12.1 Å². The molecule has 96 valence electrons. The molecule has 0 bridgehead atoms. The molecule has 3 nitrogen and oxygen atoms in total. The van der Waals surface area contributed by atoms with Crippen molar-refractivity contribution < 1.29 is 9.53 Å². The van der Waals surface area contributed by atoms with Gasteiger partial charge < -0.3 is 4.74 Å². The van der Waals surface area contributed by atoms with E-state index in [1.165, 1.54) is 18.2 Å². The van der Waals surface area contributed by atoms with Gasteiger partial charge in [-0.2, -0.15) is 0 Å². The quantitative estimate of drug-likeness (QED) is 0.750. The van der Waals surface area contributed by atoms with E-state index in [-0.39, 0.29) is 12.0 Å². The number of rotatable bonds is 2. The van der Waals surface area contributed by atoms with Gasteiger partial charge in [0.15, 0.2) is 0 Å². The van der Waals surface area contributed by atoms with Crippen molar-refractivity contribution in [3.05, 3.63) is 47.0 Å². The van der Waals surface area contributed by atoms with Gasteiger partial charge in [0.05, 0.1) is 13.2 Å². The van der Waals surface area contributed by atoms with Gasteiger partial charge in [0.25, 0.3) is 0 Å². The largest absolute Gasteiger partial charge is 0.466 e. The minimum Gasteiger partial charge on any atom is -0.466 e. The fraction of sp³-hybridized carbons (Fsp3) is 0.400. The minimum absolute atomic E-state index is 0.160. The second-order valence-corrected chi connectivity index (χ2v) is 4.77. The average Bonchev–Trinajstić information content (AvgIpc) is 2.38. The summed E-state index contributed by atoms with van der Waals surface area (Å²) < 4.78 is 4.81. The third-order valence-corrected chi connectivity index (χ3v) is 3.40. The number of carbonyl (C=O) groups is 1. The predicted molar refractivity (Wildman–Crippen MR) is 71.3 cm³/mol. The van der Waals surface area contributed by atoms with Gasteiger partial charge >= 0.3 is 5.97 Å². The molecule has 0 amide bonds. The second-order valence-electron chi connectivity index (χ2n) is 4.77. The van der Waals surface area contributed by atoms with E-state index in [2.05, 4.69) is 43.1 Å². The van der Waals surface area contributed by atoms with E-state index in [0.717, 1.165) is 18.5 Å². The van der Waals surface area contributed by atoms with E-state index in [9.17, 15) is 4.79 Å². The lowest BCUT2D eigenvalue weighted by Crippen LogP contribution is -2.30. The van der Waals surface area contributed by atoms with Crippen LogP contribution in [0, 0.1) is 6.92 Å². The maximum atomic E-state index is 11.6. The standard InChI is InChI=1S/C15H19NO2/c1-11-5-4-6-12(9-11)14-10-13(15(17)18-3)7-8-16(14)2/h4-6,9-10,14H,7-8H2,1-3H3. The van der Waals surface area contributed by atoms with Crippen LogP contribution in [0.5, 0.6) is 0 Å². The summed E-state index contributed by atoms with van der Waals surface area (Å²) in [7, 11) is 3.51. The Bertz CT molecular complexity index is 479.